The van der Waals surface area contributed by atoms with Crippen LogP contribution in [-0.4, -0.2) is 18.3 Å². The van der Waals surface area contributed by atoms with E-state index in [1.54, 1.807) is 0 Å². The minimum atomic E-state index is 0.208. The molecule has 0 saturated heterocycles. The second-order valence-corrected chi connectivity index (χ2v) is 3.90. The monoisotopic (exact) mass is 192 g/mol. The lowest BCUT2D eigenvalue weighted by molar-refractivity contribution is 0.271. The van der Waals surface area contributed by atoms with Crippen molar-refractivity contribution in [1.82, 2.24) is 0 Å². The summed E-state index contributed by atoms with van der Waals surface area (Å²) in [4.78, 5) is 0. The summed E-state index contributed by atoms with van der Waals surface area (Å²) in [5, 5.41) is 9.06. The van der Waals surface area contributed by atoms with E-state index in [0.717, 1.165) is 25.2 Å². The van der Waals surface area contributed by atoms with Crippen LogP contribution in [0.3, 0.4) is 0 Å². The highest BCUT2D eigenvalue weighted by Crippen LogP contribution is 2.28. The van der Waals surface area contributed by atoms with Gasteiger partial charge in [0.1, 0.15) is 5.75 Å². The molecule has 1 atom stereocenters. The van der Waals surface area contributed by atoms with Crippen LogP contribution in [0.25, 0.3) is 0 Å². The Morgan fingerprint density at radius 3 is 3.14 bits per heavy atom. The summed E-state index contributed by atoms with van der Waals surface area (Å²) in [7, 11) is 0. The first-order valence-corrected chi connectivity index (χ1v) is 5.17. The fourth-order valence-electron chi connectivity index (χ4n) is 1.79. The Morgan fingerprint density at radius 2 is 2.36 bits per heavy atom. The van der Waals surface area contributed by atoms with Gasteiger partial charge in [0.2, 0.25) is 0 Å². The molecule has 0 bridgehead atoms. The molecule has 0 unspecified atom stereocenters. The van der Waals surface area contributed by atoms with E-state index >= 15 is 0 Å². The quantitative estimate of drug-likeness (QED) is 0.777. The number of benzene rings is 1. The van der Waals surface area contributed by atoms with E-state index in [0.29, 0.717) is 0 Å². The molecule has 1 aliphatic heterocycles. The molecule has 1 aromatic rings. The lowest BCUT2D eigenvalue weighted by Crippen LogP contribution is -2.09. The predicted octanol–water partition coefficient (Wildman–Crippen LogP) is 2.11. The van der Waals surface area contributed by atoms with Crippen LogP contribution >= 0.6 is 0 Å². The zero-order chi connectivity index (χ0) is 9.97. The molecule has 1 heterocycles. The van der Waals surface area contributed by atoms with E-state index < -0.39 is 0 Å². The van der Waals surface area contributed by atoms with Gasteiger partial charge in [0.25, 0.3) is 0 Å². The van der Waals surface area contributed by atoms with Gasteiger partial charge < -0.3 is 9.84 Å². The van der Waals surface area contributed by atoms with Crippen molar-refractivity contribution in [3.8, 4) is 5.75 Å². The van der Waals surface area contributed by atoms with Gasteiger partial charge >= 0.3 is 0 Å². The molecule has 1 aliphatic rings. The fourth-order valence-corrected chi connectivity index (χ4v) is 1.79. The molecule has 14 heavy (non-hydrogen) atoms. The zero-order valence-electron chi connectivity index (χ0n) is 8.49. The molecule has 2 heteroatoms. The number of rotatable bonds is 2. The van der Waals surface area contributed by atoms with E-state index in [1.165, 1.54) is 11.1 Å². The average Bonchev–Trinajstić information content (AvgIpc) is 2.27. The van der Waals surface area contributed by atoms with Gasteiger partial charge in [-0.25, -0.2) is 0 Å². The highest BCUT2D eigenvalue weighted by atomic mass is 16.5. The molecular weight excluding hydrogens is 176 g/mol. The van der Waals surface area contributed by atoms with Crippen LogP contribution in [0.1, 0.15) is 30.4 Å². The largest absolute Gasteiger partial charge is 0.493 e. The molecule has 1 N–H and O–H groups in total. The fraction of sp³-hybridized carbons (Fsp3) is 0.500. The summed E-state index contributed by atoms with van der Waals surface area (Å²) >= 11 is 0. The van der Waals surface area contributed by atoms with Crippen molar-refractivity contribution in [1.29, 1.82) is 0 Å². The second-order valence-electron chi connectivity index (χ2n) is 3.90. The van der Waals surface area contributed by atoms with E-state index in [-0.39, 0.29) is 12.5 Å². The highest BCUT2D eigenvalue weighted by Gasteiger charge is 2.12. The second kappa shape index (κ2) is 4.01. The van der Waals surface area contributed by atoms with Crippen molar-refractivity contribution in [3.05, 3.63) is 29.3 Å². The van der Waals surface area contributed by atoms with Crippen LogP contribution in [0.5, 0.6) is 5.75 Å². The maximum atomic E-state index is 9.06. The number of ether oxygens (including phenoxy) is 1. The number of hydrogen-bond donors (Lipinski definition) is 1. The van der Waals surface area contributed by atoms with Crippen molar-refractivity contribution in [2.24, 2.45) is 0 Å². The molecule has 0 aromatic heterocycles. The molecule has 0 aliphatic carbocycles. The molecule has 0 fully saturated rings. The van der Waals surface area contributed by atoms with E-state index in [4.69, 9.17) is 9.84 Å². The summed E-state index contributed by atoms with van der Waals surface area (Å²) < 4.78 is 5.53. The smallest absolute Gasteiger partial charge is 0.122 e. The van der Waals surface area contributed by atoms with Crippen molar-refractivity contribution in [2.45, 2.75) is 25.7 Å². The number of fused-ring (bicyclic) bond motifs is 1. The Hall–Kier alpha value is -1.02. The van der Waals surface area contributed by atoms with Gasteiger partial charge in [-0.2, -0.15) is 0 Å². The third-order valence-corrected chi connectivity index (χ3v) is 2.78. The molecular formula is C12H16O2. The molecule has 0 radical (unpaired) electrons. The minimum Gasteiger partial charge on any atom is -0.493 e. The number of aryl methyl sites for hydroxylation is 1. The molecule has 0 spiro atoms. The summed E-state index contributed by atoms with van der Waals surface area (Å²) in [6, 6.07) is 6.23. The SMILES string of the molecule is C[C@H](CO)c1ccc2c(c1)CCCO2. The van der Waals surface area contributed by atoms with Crippen molar-refractivity contribution >= 4 is 0 Å². The molecule has 0 amide bonds. The Balaban J connectivity index is 2.29. The normalized spacial score (nSPS) is 17.0. The van der Waals surface area contributed by atoms with Gasteiger partial charge in [0.05, 0.1) is 6.61 Å². The Bertz CT molecular complexity index is 320. The standard InChI is InChI=1S/C12H16O2/c1-9(8-13)10-4-5-12-11(7-10)3-2-6-14-12/h4-5,7,9,13H,2-3,6,8H2,1H3/t9-/m1/s1. The van der Waals surface area contributed by atoms with Crippen LogP contribution in [0.2, 0.25) is 0 Å². The number of aliphatic hydroxyl groups is 1. The average molecular weight is 192 g/mol. The number of hydrogen-bond acceptors (Lipinski definition) is 2. The van der Waals surface area contributed by atoms with Gasteiger partial charge in [0, 0.05) is 12.5 Å². The Kier molecular flexibility index (Phi) is 2.73. The van der Waals surface area contributed by atoms with Crippen molar-refractivity contribution < 1.29 is 9.84 Å². The molecule has 76 valence electrons. The lowest BCUT2D eigenvalue weighted by Gasteiger charge is -2.19. The number of aliphatic hydroxyl groups excluding tert-OH is 1. The highest BCUT2D eigenvalue weighted by molar-refractivity contribution is 5.39. The van der Waals surface area contributed by atoms with Crippen molar-refractivity contribution in [2.75, 3.05) is 13.2 Å². The summed E-state index contributed by atoms with van der Waals surface area (Å²) in [5.74, 6) is 1.24. The van der Waals surface area contributed by atoms with Crippen molar-refractivity contribution in [3.63, 3.8) is 0 Å². The summed E-state index contributed by atoms with van der Waals surface area (Å²) in [5.41, 5.74) is 2.49. The maximum Gasteiger partial charge on any atom is 0.122 e. The Morgan fingerprint density at radius 1 is 1.50 bits per heavy atom. The van der Waals surface area contributed by atoms with E-state index in [1.807, 2.05) is 19.1 Å². The summed E-state index contributed by atoms with van der Waals surface area (Å²) in [6.45, 7) is 3.08. The molecule has 0 saturated carbocycles. The van der Waals surface area contributed by atoms with Gasteiger partial charge in [0.15, 0.2) is 0 Å². The lowest BCUT2D eigenvalue weighted by atomic mass is 9.96. The molecule has 2 rings (SSSR count). The van der Waals surface area contributed by atoms with Crippen LogP contribution < -0.4 is 4.74 Å². The van der Waals surface area contributed by atoms with Crippen LogP contribution in [-0.2, 0) is 6.42 Å². The van der Waals surface area contributed by atoms with Gasteiger partial charge in [-0.15, -0.1) is 0 Å². The third-order valence-electron chi connectivity index (χ3n) is 2.78. The van der Waals surface area contributed by atoms with E-state index in [2.05, 4.69) is 6.07 Å². The van der Waals surface area contributed by atoms with Gasteiger partial charge in [-0.1, -0.05) is 19.1 Å². The Labute approximate surface area is 84.5 Å². The van der Waals surface area contributed by atoms with Gasteiger partial charge in [-0.05, 0) is 30.0 Å². The predicted molar refractivity (Wildman–Crippen MR) is 55.8 cm³/mol. The van der Waals surface area contributed by atoms with Crippen LogP contribution in [0.15, 0.2) is 18.2 Å². The topological polar surface area (TPSA) is 29.5 Å². The third kappa shape index (κ3) is 1.75. The summed E-state index contributed by atoms with van der Waals surface area (Å²) in [6.07, 6.45) is 2.20. The molecule has 1 aromatic carbocycles. The minimum absolute atomic E-state index is 0.208. The van der Waals surface area contributed by atoms with Crippen LogP contribution in [0.4, 0.5) is 0 Å². The van der Waals surface area contributed by atoms with E-state index in [9.17, 15) is 0 Å². The molecule has 2 nitrogen and oxygen atoms in total. The first-order chi connectivity index (χ1) is 6.81. The van der Waals surface area contributed by atoms with Crippen LogP contribution in [0, 0.1) is 0 Å². The first kappa shape index (κ1) is 9.53. The first-order valence-electron chi connectivity index (χ1n) is 5.17. The zero-order valence-corrected chi connectivity index (χ0v) is 8.49. The maximum absolute atomic E-state index is 9.06. The van der Waals surface area contributed by atoms with Gasteiger partial charge in [-0.3, -0.25) is 0 Å².